The van der Waals surface area contributed by atoms with Gasteiger partial charge in [-0.05, 0) is 20.3 Å². The van der Waals surface area contributed by atoms with Crippen molar-refractivity contribution < 1.29 is 29.0 Å². The van der Waals surface area contributed by atoms with Crippen molar-refractivity contribution in [3.8, 4) is 0 Å². The second kappa shape index (κ2) is 13.0. The van der Waals surface area contributed by atoms with Crippen LogP contribution in [-0.4, -0.2) is 68.2 Å². The molecule has 2 amide bonds. The van der Waals surface area contributed by atoms with Gasteiger partial charge in [-0.15, -0.1) is 0 Å². The Morgan fingerprint density at radius 2 is 1.72 bits per heavy atom. The van der Waals surface area contributed by atoms with Crippen LogP contribution in [0, 0.1) is 11.3 Å². The van der Waals surface area contributed by atoms with Crippen LogP contribution in [0.15, 0.2) is 0 Å². The van der Waals surface area contributed by atoms with Gasteiger partial charge in [0, 0.05) is 24.8 Å². The molecule has 146 valence electrons. The molecule has 0 spiro atoms. The summed E-state index contributed by atoms with van der Waals surface area (Å²) in [5.74, 6) is -1.14. The van der Waals surface area contributed by atoms with Crippen molar-refractivity contribution in [2.45, 2.75) is 27.2 Å². The Kier molecular flexibility index (Phi) is 12.3. The molecule has 0 aromatic heterocycles. The Labute approximate surface area is 154 Å². The largest absolute Gasteiger partial charge is 0.481 e. The van der Waals surface area contributed by atoms with Crippen molar-refractivity contribution in [3.63, 3.8) is 0 Å². The highest BCUT2D eigenvalue weighted by atomic mass is 32.1. The van der Waals surface area contributed by atoms with Gasteiger partial charge in [0.1, 0.15) is 6.61 Å². The van der Waals surface area contributed by atoms with Crippen LogP contribution in [0.1, 0.15) is 27.2 Å². The topological polar surface area (TPSA) is 114 Å². The van der Waals surface area contributed by atoms with Gasteiger partial charge < -0.3 is 25.2 Å². The van der Waals surface area contributed by atoms with E-state index in [-0.39, 0.29) is 31.4 Å². The molecule has 0 saturated heterocycles. The summed E-state index contributed by atoms with van der Waals surface area (Å²) in [6, 6.07) is 0. The average Bonchev–Trinajstić information content (AvgIpc) is 2.54. The summed E-state index contributed by atoms with van der Waals surface area (Å²) in [4.78, 5) is 34.2. The molecule has 0 fully saturated rings. The van der Waals surface area contributed by atoms with Gasteiger partial charge >= 0.3 is 5.97 Å². The molecule has 3 N–H and O–H groups in total. The molecule has 0 aliphatic heterocycles. The summed E-state index contributed by atoms with van der Waals surface area (Å²) in [5.41, 5.74) is -0.941. The van der Waals surface area contributed by atoms with E-state index in [1.165, 1.54) is 0 Å². The normalized spacial score (nSPS) is 12.5. The summed E-state index contributed by atoms with van der Waals surface area (Å²) in [6.07, 6.45) is 0.262. The number of hydrogen-bond donors (Lipinski definition) is 4. The van der Waals surface area contributed by atoms with Crippen LogP contribution in [-0.2, 0) is 23.9 Å². The predicted octanol–water partition coefficient (Wildman–Crippen LogP) is 0.319. The van der Waals surface area contributed by atoms with E-state index in [0.29, 0.717) is 32.1 Å². The molecule has 1 unspecified atom stereocenters. The number of thiol groups is 1. The molecular weight excluding hydrogens is 348 g/mol. The third kappa shape index (κ3) is 11.8. The minimum absolute atomic E-state index is 0.0231. The minimum atomic E-state index is -0.941. The van der Waals surface area contributed by atoms with Crippen LogP contribution in [0.4, 0.5) is 0 Å². The molecule has 25 heavy (non-hydrogen) atoms. The lowest BCUT2D eigenvalue weighted by Gasteiger charge is -2.22. The summed E-state index contributed by atoms with van der Waals surface area (Å²) < 4.78 is 10.4. The molecule has 0 aromatic rings. The van der Waals surface area contributed by atoms with E-state index in [1.54, 1.807) is 20.8 Å². The summed E-state index contributed by atoms with van der Waals surface area (Å²) in [6.45, 7) is 6.63. The van der Waals surface area contributed by atoms with Gasteiger partial charge in [-0.1, -0.05) is 6.92 Å². The predicted molar refractivity (Wildman–Crippen MR) is 96.7 cm³/mol. The molecule has 0 aliphatic carbocycles. The lowest BCUT2D eigenvalue weighted by molar-refractivity contribution is -0.148. The Hall–Kier alpha value is -1.32. The first kappa shape index (κ1) is 23.7. The van der Waals surface area contributed by atoms with Crippen molar-refractivity contribution in [1.82, 2.24) is 10.6 Å². The molecule has 0 rings (SSSR count). The van der Waals surface area contributed by atoms with Crippen molar-refractivity contribution in [3.05, 3.63) is 0 Å². The standard InChI is InChI=1S/C16H30N2O6S/c1-12(10-16(2,3)15(21)22)14(20)18-4-6-23-7-8-24-11-13(19)17-5-9-25/h12,25H,4-11H2,1-3H3,(H,17,19)(H,18,20)(H,21,22). The molecule has 8 nitrogen and oxygen atoms in total. The maximum Gasteiger partial charge on any atom is 0.309 e. The number of carbonyl (C=O) groups excluding carboxylic acids is 2. The summed E-state index contributed by atoms with van der Waals surface area (Å²) in [7, 11) is 0. The second-order valence-electron chi connectivity index (χ2n) is 6.32. The zero-order chi connectivity index (χ0) is 19.3. The minimum Gasteiger partial charge on any atom is -0.481 e. The summed E-state index contributed by atoms with van der Waals surface area (Å²) >= 11 is 3.98. The first-order chi connectivity index (χ1) is 11.7. The maximum atomic E-state index is 11.9. The van der Waals surface area contributed by atoms with Crippen LogP contribution in [0.3, 0.4) is 0 Å². The summed E-state index contributed by atoms with van der Waals surface area (Å²) in [5, 5.41) is 14.4. The van der Waals surface area contributed by atoms with Crippen molar-refractivity contribution in [2.75, 3.05) is 45.3 Å². The number of amides is 2. The van der Waals surface area contributed by atoms with Crippen molar-refractivity contribution >= 4 is 30.4 Å². The number of ether oxygens (including phenoxy) is 2. The number of aliphatic carboxylic acids is 1. The molecular formula is C16H30N2O6S. The van der Waals surface area contributed by atoms with Crippen LogP contribution >= 0.6 is 12.6 Å². The molecule has 0 aliphatic rings. The fourth-order valence-corrected chi connectivity index (χ4v) is 2.11. The van der Waals surface area contributed by atoms with Crippen LogP contribution < -0.4 is 10.6 Å². The van der Waals surface area contributed by atoms with E-state index in [4.69, 9.17) is 14.6 Å². The number of nitrogens with one attached hydrogen (secondary N) is 2. The highest BCUT2D eigenvalue weighted by molar-refractivity contribution is 7.80. The van der Waals surface area contributed by atoms with Gasteiger partial charge in [0.15, 0.2) is 0 Å². The van der Waals surface area contributed by atoms with E-state index in [1.807, 2.05) is 0 Å². The molecule has 0 radical (unpaired) electrons. The number of carboxylic acids is 1. The number of hydrogen-bond acceptors (Lipinski definition) is 6. The second-order valence-corrected chi connectivity index (χ2v) is 6.77. The van der Waals surface area contributed by atoms with Crippen LogP contribution in [0.5, 0.6) is 0 Å². The molecule has 0 aromatic carbocycles. The van der Waals surface area contributed by atoms with E-state index in [9.17, 15) is 14.4 Å². The Bertz CT molecular complexity index is 431. The monoisotopic (exact) mass is 378 g/mol. The zero-order valence-electron chi connectivity index (χ0n) is 15.2. The van der Waals surface area contributed by atoms with Gasteiger partial charge in [0.25, 0.3) is 0 Å². The quantitative estimate of drug-likeness (QED) is 0.256. The lowest BCUT2D eigenvalue weighted by atomic mass is 9.83. The Balaban J connectivity index is 3.66. The van der Waals surface area contributed by atoms with E-state index in [2.05, 4.69) is 23.3 Å². The first-order valence-electron chi connectivity index (χ1n) is 8.25. The molecule has 0 saturated carbocycles. The average molecular weight is 378 g/mol. The maximum absolute atomic E-state index is 11.9. The smallest absolute Gasteiger partial charge is 0.309 e. The zero-order valence-corrected chi connectivity index (χ0v) is 16.1. The number of rotatable bonds is 14. The van der Waals surface area contributed by atoms with Gasteiger partial charge in [0.2, 0.25) is 11.8 Å². The fraction of sp³-hybridized carbons (Fsp3) is 0.812. The van der Waals surface area contributed by atoms with Crippen molar-refractivity contribution in [2.24, 2.45) is 11.3 Å². The van der Waals surface area contributed by atoms with E-state index in [0.717, 1.165) is 0 Å². The molecule has 1 atom stereocenters. The number of carbonyl (C=O) groups is 3. The lowest BCUT2D eigenvalue weighted by Crippen LogP contribution is -2.36. The molecule has 9 heteroatoms. The van der Waals surface area contributed by atoms with E-state index < -0.39 is 17.3 Å². The number of carboxylic acid groups (broad SMARTS) is 1. The first-order valence-corrected chi connectivity index (χ1v) is 8.88. The van der Waals surface area contributed by atoms with Crippen molar-refractivity contribution in [1.29, 1.82) is 0 Å². The van der Waals surface area contributed by atoms with Gasteiger partial charge in [-0.3, -0.25) is 14.4 Å². The third-order valence-corrected chi connectivity index (χ3v) is 3.65. The van der Waals surface area contributed by atoms with Gasteiger partial charge in [-0.25, -0.2) is 0 Å². The molecule has 0 heterocycles. The van der Waals surface area contributed by atoms with Crippen LogP contribution in [0.25, 0.3) is 0 Å². The Morgan fingerprint density at radius 3 is 2.32 bits per heavy atom. The Morgan fingerprint density at radius 1 is 1.08 bits per heavy atom. The fourth-order valence-electron chi connectivity index (χ4n) is 2.00. The third-order valence-electron chi connectivity index (χ3n) is 3.43. The highest BCUT2D eigenvalue weighted by Gasteiger charge is 2.31. The highest BCUT2D eigenvalue weighted by Crippen LogP contribution is 2.25. The van der Waals surface area contributed by atoms with Gasteiger partial charge in [0.05, 0.1) is 25.2 Å². The van der Waals surface area contributed by atoms with E-state index >= 15 is 0 Å². The van der Waals surface area contributed by atoms with Gasteiger partial charge in [-0.2, -0.15) is 12.6 Å². The van der Waals surface area contributed by atoms with Crippen LogP contribution in [0.2, 0.25) is 0 Å². The SMILES string of the molecule is CC(CC(C)(C)C(=O)O)C(=O)NCCOCCOCC(=O)NCCS. The molecule has 0 bridgehead atoms.